The van der Waals surface area contributed by atoms with E-state index in [1.807, 2.05) is 0 Å². The third-order valence-corrected chi connectivity index (χ3v) is 3.66. The maximum absolute atomic E-state index is 13.7. The van der Waals surface area contributed by atoms with Crippen LogP contribution < -0.4 is 4.74 Å². The lowest BCUT2D eigenvalue weighted by molar-refractivity contribution is -0.169. The summed E-state index contributed by atoms with van der Waals surface area (Å²) < 4.78 is 30.8. The Kier molecular flexibility index (Phi) is 6.46. The lowest BCUT2D eigenvalue weighted by atomic mass is 10.1. The van der Waals surface area contributed by atoms with Gasteiger partial charge in [-0.05, 0) is 44.2 Å². The molecule has 0 amide bonds. The van der Waals surface area contributed by atoms with Gasteiger partial charge in [-0.3, -0.25) is 0 Å². The average molecular weight is 296 g/mol. The molecule has 0 radical (unpaired) electrons. The summed E-state index contributed by atoms with van der Waals surface area (Å²) in [7, 11) is 0. The van der Waals surface area contributed by atoms with E-state index >= 15 is 0 Å². The van der Waals surface area contributed by atoms with Gasteiger partial charge in [-0.2, -0.15) is 0 Å². The van der Waals surface area contributed by atoms with Crippen LogP contribution in [0.5, 0.6) is 5.75 Å². The van der Waals surface area contributed by atoms with Crippen molar-refractivity contribution in [2.75, 3.05) is 13.2 Å². The van der Waals surface area contributed by atoms with E-state index in [0.29, 0.717) is 24.5 Å². The van der Waals surface area contributed by atoms with Crippen molar-refractivity contribution in [1.82, 2.24) is 0 Å². The van der Waals surface area contributed by atoms with Gasteiger partial charge in [-0.1, -0.05) is 13.3 Å². The molecule has 1 aromatic rings. The second-order valence-electron chi connectivity index (χ2n) is 5.52. The Labute approximate surface area is 126 Å². The van der Waals surface area contributed by atoms with Gasteiger partial charge in [-0.15, -0.1) is 0 Å². The van der Waals surface area contributed by atoms with Crippen molar-refractivity contribution in [1.29, 1.82) is 0 Å². The molecule has 0 aromatic heterocycles. The lowest BCUT2D eigenvalue weighted by Gasteiger charge is -2.23. The van der Waals surface area contributed by atoms with Gasteiger partial charge in [-0.25, -0.2) is 4.39 Å². The van der Waals surface area contributed by atoms with Gasteiger partial charge < -0.3 is 14.2 Å². The topological polar surface area (TPSA) is 27.7 Å². The summed E-state index contributed by atoms with van der Waals surface area (Å²) in [5.74, 6) is 0.349. The Hall–Kier alpha value is -1.13. The summed E-state index contributed by atoms with van der Waals surface area (Å²) in [6, 6.07) is 3.27. The van der Waals surface area contributed by atoms with Gasteiger partial charge in [0.2, 0.25) is 0 Å². The van der Waals surface area contributed by atoms with Crippen LogP contribution in [0.15, 0.2) is 12.1 Å². The highest BCUT2D eigenvalue weighted by molar-refractivity contribution is 5.37. The van der Waals surface area contributed by atoms with Gasteiger partial charge >= 0.3 is 0 Å². The minimum Gasteiger partial charge on any atom is -0.493 e. The SMILES string of the molecule is CCCCOc1cc(F)c(C)cc1COC1CCCCO1. The molecular formula is C17H25FO3. The molecule has 0 N–H and O–H groups in total. The largest absolute Gasteiger partial charge is 0.493 e. The Morgan fingerprint density at radius 1 is 1.33 bits per heavy atom. The van der Waals surface area contributed by atoms with E-state index in [4.69, 9.17) is 14.2 Å². The number of rotatable bonds is 7. The third-order valence-electron chi connectivity index (χ3n) is 3.66. The molecule has 1 saturated heterocycles. The van der Waals surface area contributed by atoms with Crippen LogP contribution in [-0.2, 0) is 16.1 Å². The molecule has 1 aromatic carbocycles. The molecule has 2 rings (SSSR count). The molecule has 1 aliphatic heterocycles. The highest BCUT2D eigenvalue weighted by Crippen LogP contribution is 2.25. The van der Waals surface area contributed by atoms with Crippen molar-refractivity contribution in [2.45, 2.75) is 58.8 Å². The number of halogens is 1. The molecule has 3 nitrogen and oxygen atoms in total. The second-order valence-corrected chi connectivity index (χ2v) is 5.52. The summed E-state index contributed by atoms with van der Waals surface area (Å²) in [6.45, 7) is 5.61. The van der Waals surface area contributed by atoms with Crippen molar-refractivity contribution in [3.05, 3.63) is 29.1 Å². The van der Waals surface area contributed by atoms with Gasteiger partial charge in [0.1, 0.15) is 11.6 Å². The van der Waals surface area contributed by atoms with E-state index in [0.717, 1.165) is 44.3 Å². The van der Waals surface area contributed by atoms with Crippen LogP contribution in [0, 0.1) is 12.7 Å². The van der Waals surface area contributed by atoms with Crippen LogP contribution in [0.3, 0.4) is 0 Å². The van der Waals surface area contributed by atoms with Gasteiger partial charge in [0.15, 0.2) is 6.29 Å². The second kappa shape index (κ2) is 8.35. The first-order chi connectivity index (χ1) is 10.2. The minimum absolute atomic E-state index is 0.146. The van der Waals surface area contributed by atoms with Crippen molar-refractivity contribution in [3.63, 3.8) is 0 Å². The molecule has 1 aliphatic rings. The third kappa shape index (κ3) is 4.97. The molecule has 21 heavy (non-hydrogen) atoms. The zero-order chi connectivity index (χ0) is 15.1. The molecular weight excluding hydrogens is 271 g/mol. The van der Waals surface area contributed by atoms with E-state index in [2.05, 4.69) is 6.92 Å². The van der Waals surface area contributed by atoms with Crippen LogP contribution >= 0.6 is 0 Å². The van der Waals surface area contributed by atoms with Crippen molar-refractivity contribution in [2.24, 2.45) is 0 Å². The van der Waals surface area contributed by atoms with Crippen LogP contribution in [0.1, 0.15) is 50.2 Å². The lowest BCUT2D eigenvalue weighted by Crippen LogP contribution is -2.22. The molecule has 1 heterocycles. The first-order valence-electron chi connectivity index (χ1n) is 7.85. The number of benzene rings is 1. The predicted octanol–water partition coefficient (Wildman–Crippen LogP) is 4.36. The van der Waals surface area contributed by atoms with Gasteiger partial charge in [0.05, 0.1) is 13.2 Å². The van der Waals surface area contributed by atoms with Crippen molar-refractivity contribution < 1.29 is 18.6 Å². The van der Waals surface area contributed by atoms with E-state index in [1.54, 1.807) is 13.0 Å². The molecule has 1 unspecified atom stereocenters. The first-order valence-corrected chi connectivity index (χ1v) is 7.85. The Bertz CT molecular complexity index is 442. The van der Waals surface area contributed by atoms with Gasteiger partial charge in [0, 0.05) is 18.2 Å². The molecule has 1 atom stereocenters. The zero-order valence-electron chi connectivity index (χ0n) is 13.0. The fourth-order valence-electron chi connectivity index (χ4n) is 2.32. The van der Waals surface area contributed by atoms with E-state index < -0.39 is 0 Å². The molecule has 0 aliphatic carbocycles. The summed E-state index contributed by atoms with van der Waals surface area (Å²) >= 11 is 0. The van der Waals surface area contributed by atoms with Crippen LogP contribution in [0.25, 0.3) is 0 Å². The first kappa shape index (κ1) is 16.2. The zero-order valence-corrected chi connectivity index (χ0v) is 13.0. The monoisotopic (exact) mass is 296 g/mol. The smallest absolute Gasteiger partial charge is 0.158 e. The summed E-state index contributed by atoms with van der Waals surface area (Å²) in [5.41, 5.74) is 1.50. The molecule has 1 fully saturated rings. The fourth-order valence-corrected chi connectivity index (χ4v) is 2.32. The van der Waals surface area contributed by atoms with Crippen LogP contribution in [0.2, 0.25) is 0 Å². The molecule has 0 bridgehead atoms. The number of aryl methyl sites for hydroxylation is 1. The molecule has 0 saturated carbocycles. The Morgan fingerprint density at radius 3 is 2.90 bits per heavy atom. The molecule has 0 spiro atoms. The number of hydrogen-bond donors (Lipinski definition) is 0. The number of ether oxygens (including phenoxy) is 3. The quantitative estimate of drug-likeness (QED) is 0.700. The summed E-state index contributed by atoms with van der Waals surface area (Å²) in [4.78, 5) is 0. The van der Waals surface area contributed by atoms with Crippen molar-refractivity contribution in [3.8, 4) is 5.75 Å². The van der Waals surface area contributed by atoms with E-state index in [1.165, 1.54) is 6.07 Å². The maximum Gasteiger partial charge on any atom is 0.158 e. The predicted molar refractivity (Wildman–Crippen MR) is 79.9 cm³/mol. The maximum atomic E-state index is 13.7. The Morgan fingerprint density at radius 2 is 2.19 bits per heavy atom. The van der Waals surface area contributed by atoms with E-state index in [-0.39, 0.29) is 12.1 Å². The minimum atomic E-state index is -0.237. The standard InChI is InChI=1S/C17H25FO3/c1-3-4-8-19-16-11-15(18)13(2)10-14(16)12-21-17-7-5-6-9-20-17/h10-11,17H,3-9,12H2,1-2H3. The van der Waals surface area contributed by atoms with E-state index in [9.17, 15) is 4.39 Å². The average Bonchev–Trinajstić information content (AvgIpc) is 2.50. The summed E-state index contributed by atoms with van der Waals surface area (Å²) in [6.07, 6.45) is 5.02. The number of unbranched alkanes of at least 4 members (excludes halogenated alkanes) is 1. The van der Waals surface area contributed by atoms with Crippen LogP contribution in [-0.4, -0.2) is 19.5 Å². The van der Waals surface area contributed by atoms with Gasteiger partial charge in [0.25, 0.3) is 0 Å². The van der Waals surface area contributed by atoms with Crippen molar-refractivity contribution >= 4 is 0 Å². The van der Waals surface area contributed by atoms with Crippen LogP contribution in [0.4, 0.5) is 4.39 Å². The molecule has 118 valence electrons. The highest BCUT2D eigenvalue weighted by Gasteiger charge is 2.16. The Balaban J connectivity index is 1.99. The molecule has 4 heteroatoms. The normalized spacial score (nSPS) is 18.7. The summed E-state index contributed by atoms with van der Waals surface area (Å²) in [5, 5.41) is 0. The number of hydrogen-bond acceptors (Lipinski definition) is 3. The fraction of sp³-hybridized carbons (Fsp3) is 0.647. The highest BCUT2D eigenvalue weighted by atomic mass is 19.1.